The summed E-state index contributed by atoms with van der Waals surface area (Å²) in [6.07, 6.45) is 0. The number of rotatable bonds is 0. The second-order valence-corrected chi connectivity index (χ2v) is 0. The summed E-state index contributed by atoms with van der Waals surface area (Å²) >= 11 is 0. The van der Waals surface area contributed by atoms with Gasteiger partial charge in [-0.25, -0.2) is 0 Å². The Balaban J connectivity index is 0. The summed E-state index contributed by atoms with van der Waals surface area (Å²) in [6.45, 7) is 0. The molecule has 0 saturated heterocycles. The summed E-state index contributed by atoms with van der Waals surface area (Å²) in [4.78, 5) is 0. The first-order chi connectivity index (χ1) is 0. The van der Waals surface area contributed by atoms with Gasteiger partial charge in [0.05, 0.1) is 0 Å². The number of hydrogen-bond acceptors (Lipinski definition) is 0. The molecule has 0 N–H and O–H groups in total. The molecule has 0 aromatic heterocycles. The smallest absolute Gasteiger partial charge is 2.00 e. The van der Waals surface area contributed by atoms with E-state index < -0.39 is 0 Å². The predicted molar refractivity (Wildman–Crippen MR) is 12.9 cm³/mol. The van der Waals surface area contributed by atoms with Crippen LogP contribution in [0.1, 0.15) is 0 Å². The maximum absolute atomic E-state index is 0. The monoisotopic (exact) mass is 378 g/mol. The van der Waals surface area contributed by atoms with E-state index in [9.17, 15) is 0 Å². The summed E-state index contributed by atoms with van der Waals surface area (Å²) < 4.78 is 0. The molecule has 0 amide bonds. The molecule has 0 bridgehead atoms. The molecule has 0 atom stereocenters. The molecule has 4 heavy (non-hydrogen) atoms. The molecule has 0 saturated carbocycles. The Labute approximate surface area is 85.2 Å². The van der Waals surface area contributed by atoms with Crippen LogP contribution in [0.15, 0.2) is 0 Å². The molecule has 0 aromatic rings. The van der Waals surface area contributed by atoms with Crippen LogP contribution in [0.25, 0.3) is 0 Å². The Morgan fingerprint density at radius 3 is 0.750 bits per heavy atom. The maximum atomic E-state index is 0. The van der Waals surface area contributed by atoms with E-state index in [1.807, 2.05) is 0 Å². The zero-order valence-electron chi connectivity index (χ0n) is 2.02. The average molecular weight is 377 g/mol. The minimum atomic E-state index is 0. The van der Waals surface area contributed by atoms with Crippen molar-refractivity contribution in [2.45, 2.75) is 0 Å². The zero-order chi connectivity index (χ0) is 0. The minimum Gasteiger partial charge on any atom is -2.00 e. The van der Waals surface area contributed by atoms with Crippen LogP contribution >= 0.6 is 0 Å². The fourth-order valence-corrected chi connectivity index (χ4v) is 0. The molecule has 0 aliphatic rings. The first kappa shape index (κ1) is 32.3. The van der Waals surface area contributed by atoms with Crippen molar-refractivity contribution in [1.29, 1.82) is 0 Å². The molecule has 0 aliphatic heterocycles. The molecule has 0 heterocycles. The van der Waals surface area contributed by atoms with Crippen LogP contribution in [0.5, 0.6) is 0 Å². The SMILES string of the molecule is [Ba+2].[O-2].[O-2].[Pb+2]. The van der Waals surface area contributed by atoms with Crippen LogP contribution in [-0.4, -0.2) is 76.2 Å². The van der Waals surface area contributed by atoms with Crippen molar-refractivity contribution in [1.82, 2.24) is 0 Å². The molecule has 0 unspecified atom stereocenters. The third-order valence-electron chi connectivity index (χ3n) is 0. The van der Waals surface area contributed by atoms with Crippen LogP contribution in [0.2, 0.25) is 0 Å². The van der Waals surface area contributed by atoms with E-state index in [1.165, 1.54) is 0 Å². The first-order valence-corrected chi connectivity index (χ1v) is 0. The van der Waals surface area contributed by atoms with Crippen LogP contribution < -0.4 is 0 Å². The summed E-state index contributed by atoms with van der Waals surface area (Å²) in [7, 11) is 0. The van der Waals surface area contributed by atoms with Crippen molar-refractivity contribution in [3.8, 4) is 0 Å². The van der Waals surface area contributed by atoms with Crippen molar-refractivity contribution >= 4 is 76.2 Å². The molecule has 18 valence electrons. The Morgan fingerprint density at radius 2 is 0.750 bits per heavy atom. The molecule has 0 spiro atoms. The fraction of sp³-hybridized carbons (Fsp3) is 0. The quantitative estimate of drug-likeness (QED) is 0.487. The average Bonchev–Trinajstić information content (AvgIpc) is 0. The summed E-state index contributed by atoms with van der Waals surface area (Å²) in [6, 6.07) is 0. The van der Waals surface area contributed by atoms with Gasteiger partial charge in [-0.15, -0.1) is 0 Å². The van der Waals surface area contributed by atoms with Crippen LogP contribution in [-0.2, 0) is 11.0 Å². The third-order valence-corrected chi connectivity index (χ3v) is 0. The topological polar surface area (TPSA) is 57.0 Å². The summed E-state index contributed by atoms with van der Waals surface area (Å²) in [5.74, 6) is 0. The van der Waals surface area contributed by atoms with Gasteiger partial charge in [-0.05, 0) is 0 Å². The fourth-order valence-electron chi connectivity index (χ4n) is 0. The van der Waals surface area contributed by atoms with Crippen LogP contribution in [0.3, 0.4) is 0 Å². The van der Waals surface area contributed by atoms with Gasteiger partial charge in [-0.3, -0.25) is 0 Å². The Bertz CT molecular complexity index is 6.00. The zero-order valence-corrected chi connectivity index (χ0v) is 10.4. The van der Waals surface area contributed by atoms with E-state index in [2.05, 4.69) is 0 Å². The van der Waals surface area contributed by atoms with Crippen molar-refractivity contribution in [2.24, 2.45) is 0 Å². The molecule has 0 rings (SSSR count). The normalized spacial score (nSPS) is 0. The molecule has 4 heteroatoms. The van der Waals surface area contributed by atoms with Crippen LogP contribution in [0.4, 0.5) is 0 Å². The van der Waals surface area contributed by atoms with Gasteiger partial charge in [0.2, 0.25) is 0 Å². The maximum Gasteiger partial charge on any atom is 2.00 e. The second-order valence-electron chi connectivity index (χ2n) is 0. The molecule has 0 aliphatic carbocycles. The van der Waals surface area contributed by atoms with Crippen molar-refractivity contribution in [3.63, 3.8) is 0 Å². The van der Waals surface area contributed by atoms with Gasteiger partial charge in [0.1, 0.15) is 0 Å². The van der Waals surface area contributed by atoms with E-state index in [-0.39, 0.29) is 87.1 Å². The van der Waals surface area contributed by atoms with Gasteiger partial charge >= 0.3 is 76.2 Å². The van der Waals surface area contributed by atoms with Gasteiger partial charge < -0.3 is 11.0 Å². The molecular formula is BaO2Pb. The second kappa shape index (κ2) is 18.1. The Kier molecular flexibility index (Phi) is 146. The van der Waals surface area contributed by atoms with E-state index in [1.54, 1.807) is 0 Å². The molecular weight excluding hydrogens is 377 g/mol. The number of hydrogen-bond donors (Lipinski definition) is 0. The van der Waals surface area contributed by atoms with Crippen molar-refractivity contribution in [3.05, 3.63) is 0 Å². The van der Waals surface area contributed by atoms with E-state index >= 15 is 0 Å². The predicted octanol–water partition coefficient (Wildman–Crippen LogP) is -0.999. The molecule has 2 nitrogen and oxygen atoms in total. The van der Waals surface area contributed by atoms with Crippen LogP contribution in [0, 0.1) is 0 Å². The third kappa shape index (κ3) is 8.83. The standard InChI is InChI=1S/Ba.2O.Pb/q+2;2*-2;+2. The van der Waals surface area contributed by atoms with Gasteiger partial charge in [0.15, 0.2) is 0 Å². The molecule has 0 aromatic carbocycles. The largest absolute Gasteiger partial charge is 2.00 e. The van der Waals surface area contributed by atoms with E-state index in [0.29, 0.717) is 0 Å². The Hall–Kier alpha value is 2.41. The van der Waals surface area contributed by atoms with E-state index in [0.717, 1.165) is 0 Å². The van der Waals surface area contributed by atoms with Gasteiger partial charge in [0, 0.05) is 0 Å². The molecule has 0 fully saturated rings. The first-order valence-electron chi connectivity index (χ1n) is 0. The van der Waals surface area contributed by atoms with Gasteiger partial charge in [0.25, 0.3) is 0 Å². The van der Waals surface area contributed by atoms with Crippen molar-refractivity contribution in [2.75, 3.05) is 0 Å². The van der Waals surface area contributed by atoms with E-state index in [4.69, 9.17) is 0 Å². The Morgan fingerprint density at radius 1 is 0.750 bits per heavy atom. The van der Waals surface area contributed by atoms with Gasteiger partial charge in [-0.2, -0.15) is 0 Å². The summed E-state index contributed by atoms with van der Waals surface area (Å²) in [5, 5.41) is 0. The molecule has 2 radical (unpaired) electrons. The van der Waals surface area contributed by atoms with Crippen molar-refractivity contribution < 1.29 is 11.0 Å². The minimum absolute atomic E-state index is 0. The van der Waals surface area contributed by atoms with Gasteiger partial charge in [-0.1, -0.05) is 0 Å². The summed E-state index contributed by atoms with van der Waals surface area (Å²) in [5.41, 5.74) is 0.